The number of likely N-dealkylation sites (tertiary alicyclic amines) is 1. The molecule has 230 valence electrons. The number of ether oxygens (including phenoxy) is 3. The van der Waals surface area contributed by atoms with Gasteiger partial charge in [0.1, 0.15) is 30.2 Å². The van der Waals surface area contributed by atoms with E-state index in [4.69, 9.17) is 14.2 Å². The fraction of sp³-hybridized carbons (Fsp3) is 0.417. The van der Waals surface area contributed by atoms with Crippen molar-refractivity contribution in [2.24, 2.45) is 0 Å². The zero-order valence-electron chi connectivity index (χ0n) is 25.3. The lowest BCUT2D eigenvalue weighted by Crippen LogP contribution is -2.44. The monoisotopic (exact) mass is 596 g/mol. The van der Waals surface area contributed by atoms with Crippen molar-refractivity contribution in [3.63, 3.8) is 0 Å². The molecule has 1 saturated heterocycles. The predicted molar refractivity (Wildman–Crippen MR) is 166 cm³/mol. The number of hydrogen-bond acceptors (Lipinski definition) is 7. The first kappa shape index (κ1) is 31.1. The van der Waals surface area contributed by atoms with E-state index in [1.807, 2.05) is 54.6 Å². The molecule has 0 spiro atoms. The quantitative estimate of drug-likeness (QED) is 0.177. The fourth-order valence-electron chi connectivity index (χ4n) is 6.41. The Hall–Kier alpha value is -4.35. The van der Waals surface area contributed by atoms with Crippen molar-refractivity contribution in [1.82, 2.24) is 4.90 Å². The van der Waals surface area contributed by atoms with E-state index < -0.39 is 12.0 Å². The summed E-state index contributed by atoms with van der Waals surface area (Å²) in [5, 5.41) is 20.0. The van der Waals surface area contributed by atoms with E-state index in [1.165, 1.54) is 12.7 Å². The number of fused-ring (bicyclic) bond motifs is 1. The van der Waals surface area contributed by atoms with Gasteiger partial charge < -0.3 is 19.3 Å². The van der Waals surface area contributed by atoms with Gasteiger partial charge in [0.15, 0.2) is 0 Å². The van der Waals surface area contributed by atoms with Crippen LogP contribution in [0.3, 0.4) is 0 Å². The number of nitriles is 1. The van der Waals surface area contributed by atoms with Gasteiger partial charge in [0, 0.05) is 30.2 Å². The van der Waals surface area contributed by atoms with Crippen LogP contribution in [0.2, 0.25) is 0 Å². The van der Waals surface area contributed by atoms with Crippen molar-refractivity contribution < 1.29 is 28.9 Å². The second-order valence-corrected chi connectivity index (χ2v) is 11.5. The van der Waals surface area contributed by atoms with E-state index in [2.05, 4.69) is 11.0 Å². The summed E-state index contributed by atoms with van der Waals surface area (Å²) >= 11 is 0. The number of nitrogens with zero attached hydrogens (tertiary/aromatic N) is 2. The maximum atomic E-state index is 12.1. The zero-order chi connectivity index (χ0) is 30.9. The van der Waals surface area contributed by atoms with Crippen LogP contribution in [0, 0.1) is 11.3 Å². The van der Waals surface area contributed by atoms with Crippen LogP contribution in [-0.2, 0) is 40.3 Å². The van der Waals surface area contributed by atoms with Crippen molar-refractivity contribution in [1.29, 1.82) is 5.26 Å². The van der Waals surface area contributed by atoms with Gasteiger partial charge in [0.05, 0.1) is 19.3 Å². The molecule has 8 nitrogen and oxygen atoms in total. The smallest absolute Gasteiger partial charge is 0.320 e. The summed E-state index contributed by atoms with van der Waals surface area (Å²) < 4.78 is 17.6. The van der Waals surface area contributed by atoms with Crippen LogP contribution >= 0.6 is 0 Å². The van der Waals surface area contributed by atoms with Gasteiger partial charge in [-0.05, 0) is 73.7 Å². The molecular weight excluding hydrogens is 556 g/mol. The Morgan fingerprint density at radius 2 is 1.80 bits per heavy atom. The first-order valence-corrected chi connectivity index (χ1v) is 15.5. The van der Waals surface area contributed by atoms with E-state index >= 15 is 0 Å². The molecule has 0 amide bonds. The Labute approximate surface area is 259 Å². The van der Waals surface area contributed by atoms with E-state index in [9.17, 15) is 20.0 Å². The number of esters is 1. The van der Waals surface area contributed by atoms with Crippen molar-refractivity contribution in [3.8, 4) is 28.7 Å². The number of carboxylic acid groups (broad SMARTS) is 1. The minimum atomic E-state index is -0.780. The molecule has 0 saturated carbocycles. The average Bonchev–Trinajstić information content (AvgIpc) is 3.55. The lowest BCUT2D eigenvalue weighted by Gasteiger charge is -2.34. The molecule has 44 heavy (non-hydrogen) atoms. The van der Waals surface area contributed by atoms with Crippen molar-refractivity contribution in [2.45, 2.75) is 77.0 Å². The highest BCUT2D eigenvalue weighted by atomic mass is 16.5. The molecular formula is C36H40N2O6. The van der Waals surface area contributed by atoms with Crippen molar-refractivity contribution in [3.05, 3.63) is 82.4 Å². The summed E-state index contributed by atoms with van der Waals surface area (Å²) in [6.07, 6.45) is 6.93. The number of carboxylic acids is 1. The largest absolute Gasteiger partial charge is 0.493 e. The molecule has 1 aliphatic carbocycles. The summed E-state index contributed by atoms with van der Waals surface area (Å²) in [5.74, 6) is 0.426. The van der Waals surface area contributed by atoms with E-state index in [-0.39, 0.29) is 12.6 Å². The minimum Gasteiger partial charge on any atom is -0.493 e. The number of rotatable bonds is 13. The highest BCUT2D eigenvalue weighted by molar-refractivity contribution is 5.74. The molecule has 0 aromatic heterocycles. The van der Waals surface area contributed by atoms with E-state index in [0.29, 0.717) is 50.1 Å². The normalized spacial score (nSPS) is 16.1. The number of carbonyl (C=O) groups is 2. The number of benzene rings is 3. The Morgan fingerprint density at radius 1 is 0.977 bits per heavy atom. The SMILES string of the molecule is COC(=O)CCCCOc1cc(OCc2cccc(-c3ccccc3)c2C#N)c2c(c1CN1CCCC[C@H]1C(=O)O)CCC2. The van der Waals surface area contributed by atoms with Gasteiger partial charge in [0.25, 0.3) is 0 Å². The first-order valence-electron chi connectivity index (χ1n) is 15.5. The van der Waals surface area contributed by atoms with Crippen LogP contribution in [0.5, 0.6) is 11.5 Å². The third kappa shape index (κ3) is 7.23. The number of aliphatic carboxylic acids is 1. The summed E-state index contributed by atoms with van der Waals surface area (Å²) in [7, 11) is 1.39. The molecule has 1 aliphatic heterocycles. The second-order valence-electron chi connectivity index (χ2n) is 11.5. The van der Waals surface area contributed by atoms with Crippen molar-refractivity contribution >= 4 is 11.9 Å². The third-order valence-corrected chi connectivity index (χ3v) is 8.69. The summed E-state index contributed by atoms with van der Waals surface area (Å²) in [4.78, 5) is 25.7. The minimum absolute atomic E-state index is 0.237. The predicted octanol–water partition coefficient (Wildman–Crippen LogP) is 6.45. The zero-order valence-corrected chi connectivity index (χ0v) is 25.3. The summed E-state index contributed by atoms with van der Waals surface area (Å²) in [6, 6.07) is 19.6. The summed E-state index contributed by atoms with van der Waals surface area (Å²) in [5.41, 5.74) is 6.62. The van der Waals surface area contributed by atoms with Crippen LogP contribution < -0.4 is 9.47 Å². The lowest BCUT2D eigenvalue weighted by atomic mass is 9.96. The molecule has 3 aromatic carbocycles. The highest BCUT2D eigenvalue weighted by Crippen LogP contribution is 2.41. The molecule has 0 unspecified atom stereocenters. The third-order valence-electron chi connectivity index (χ3n) is 8.69. The number of carbonyl (C=O) groups excluding carboxylic acids is 1. The van der Waals surface area contributed by atoms with Gasteiger partial charge in [-0.25, -0.2) is 0 Å². The molecule has 3 aromatic rings. The molecule has 1 N–H and O–H groups in total. The molecule has 1 fully saturated rings. The van der Waals surface area contributed by atoms with Gasteiger partial charge in [-0.15, -0.1) is 0 Å². The Kier molecular flexibility index (Phi) is 10.5. The Bertz CT molecular complexity index is 1510. The standard InChI is InChI=1S/C36H40N2O6/c1-42-35(39)18-6-8-20-43-34-21-33(44-24-26-13-9-14-27(30(26)22-37)25-11-3-2-4-12-25)29-16-10-15-28(29)31(34)23-38-19-7-5-17-32(38)36(40)41/h2-4,9,11-14,21,32H,5-8,10,15-20,23-24H2,1H3,(H,40,41)/t32-/m0/s1. The number of methoxy groups -OCH3 is 1. The maximum absolute atomic E-state index is 12.1. The number of piperidine rings is 1. The van der Waals surface area contributed by atoms with Crippen molar-refractivity contribution in [2.75, 3.05) is 20.3 Å². The molecule has 1 heterocycles. The number of unbranched alkanes of at least 4 members (excludes halogenated alkanes) is 1. The van der Waals surface area contributed by atoms with Gasteiger partial charge in [-0.1, -0.05) is 55.0 Å². The summed E-state index contributed by atoms with van der Waals surface area (Å²) in [6.45, 7) is 1.90. The lowest BCUT2D eigenvalue weighted by molar-refractivity contribution is -0.145. The average molecular weight is 597 g/mol. The molecule has 8 heteroatoms. The van der Waals surface area contributed by atoms with Gasteiger partial charge in [-0.2, -0.15) is 5.26 Å². The van der Waals surface area contributed by atoms with Crippen LogP contribution in [0.4, 0.5) is 0 Å². The second kappa shape index (κ2) is 14.9. The molecule has 2 aliphatic rings. The Balaban J connectivity index is 1.43. The maximum Gasteiger partial charge on any atom is 0.320 e. The van der Waals surface area contributed by atoms with Crippen LogP contribution in [0.25, 0.3) is 11.1 Å². The fourth-order valence-corrected chi connectivity index (χ4v) is 6.41. The molecule has 0 radical (unpaired) electrons. The van der Waals surface area contributed by atoms with E-state index in [0.717, 1.165) is 72.2 Å². The first-order chi connectivity index (χ1) is 21.5. The number of hydrogen-bond donors (Lipinski definition) is 1. The topological polar surface area (TPSA) is 109 Å². The van der Waals surface area contributed by atoms with Gasteiger partial charge >= 0.3 is 11.9 Å². The Morgan fingerprint density at radius 3 is 2.57 bits per heavy atom. The van der Waals surface area contributed by atoms with E-state index in [1.54, 1.807) is 0 Å². The highest BCUT2D eigenvalue weighted by Gasteiger charge is 2.32. The van der Waals surface area contributed by atoms with Crippen LogP contribution in [0.15, 0.2) is 54.6 Å². The van der Waals surface area contributed by atoms with Crippen LogP contribution in [-0.4, -0.2) is 48.2 Å². The molecule has 1 atom stereocenters. The van der Waals surface area contributed by atoms with Crippen LogP contribution in [0.1, 0.15) is 72.8 Å². The molecule has 5 rings (SSSR count). The van der Waals surface area contributed by atoms with Gasteiger partial charge in [0.2, 0.25) is 0 Å². The molecule has 0 bridgehead atoms. The van der Waals surface area contributed by atoms with Gasteiger partial charge in [-0.3, -0.25) is 14.5 Å².